The third-order valence-corrected chi connectivity index (χ3v) is 4.11. The van der Waals surface area contributed by atoms with Crippen molar-refractivity contribution in [2.75, 3.05) is 26.4 Å². The summed E-state index contributed by atoms with van der Waals surface area (Å²) < 4.78 is 11.0. The maximum atomic E-state index is 9.30. The van der Waals surface area contributed by atoms with Gasteiger partial charge in [-0.25, -0.2) is 0 Å². The fraction of sp³-hybridized carbons (Fsp3) is 0.714. The zero-order valence-electron chi connectivity index (χ0n) is 10.8. The molecule has 0 spiro atoms. The lowest BCUT2D eigenvalue weighted by atomic mass is 9.87. The summed E-state index contributed by atoms with van der Waals surface area (Å²) in [5, 5.41) is 12.7. The van der Waals surface area contributed by atoms with Crippen molar-refractivity contribution in [3.8, 4) is 0 Å². The maximum absolute atomic E-state index is 9.30. The van der Waals surface area contributed by atoms with Gasteiger partial charge in [0.25, 0.3) is 0 Å². The fourth-order valence-corrected chi connectivity index (χ4v) is 2.50. The van der Waals surface area contributed by atoms with Gasteiger partial charge in [0.05, 0.1) is 31.8 Å². The van der Waals surface area contributed by atoms with Crippen LogP contribution in [0.15, 0.2) is 16.5 Å². The molecule has 0 aromatic carbocycles. The molecule has 3 rings (SSSR count). The van der Waals surface area contributed by atoms with Crippen molar-refractivity contribution in [3.63, 3.8) is 0 Å². The summed E-state index contributed by atoms with van der Waals surface area (Å²) in [4.78, 5) is 0. The van der Waals surface area contributed by atoms with Crippen molar-refractivity contribution in [2.24, 2.45) is 11.3 Å². The Balaban J connectivity index is 1.47. The molecule has 0 bridgehead atoms. The highest BCUT2D eigenvalue weighted by Crippen LogP contribution is 2.47. The summed E-state index contributed by atoms with van der Waals surface area (Å²) in [5.41, 5.74) is -0.0690. The molecule has 4 nitrogen and oxygen atoms in total. The highest BCUT2D eigenvalue weighted by atomic mass is 16.5. The number of hydrogen-bond acceptors (Lipinski definition) is 4. The van der Waals surface area contributed by atoms with Gasteiger partial charge in [-0.05, 0) is 24.5 Å². The zero-order valence-corrected chi connectivity index (χ0v) is 10.8. The van der Waals surface area contributed by atoms with Gasteiger partial charge in [0.1, 0.15) is 11.5 Å². The molecule has 1 aromatic rings. The van der Waals surface area contributed by atoms with Gasteiger partial charge in [0.15, 0.2) is 0 Å². The van der Waals surface area contributed by atoms with Crippen LogP contribution in [-0.4, -0.2) is 31.5 Å². The van der Waals surface area contributed by atoms with Crippen LogP contribution in [-0.2, 0) is 11.3 Å². The number of ether oxygens (including phenoxy) is 1. The molecular weight excluding hydrogens is 230 g/mol. The normalized spacial score (nSPS) is 29.0. The van der Waals surface area contributed by atoms with Gasteiger partial charge in [-0.1, -0.05) is 6.92 Å². The maximum Gasteiger partial charge on any atom is 0.117 e. The summed E-state index contributed by atoms with van der Waals surface area (Å²) in [6, 6.07) is 4.15. The standard InChI is InChI=1S/C14H21NO3/c1-10-4-12(10)13-3-2-11(18-13)5-15-6-14(7-16)8-17-9-14/h2-3,10,12,15-16H,4-9H2,1H3/t10-,12+/m0/s1. The SMILES string of the molecule is C[C@H]1C[C@H]1c1ccc(CNCC2(CO)COC2)o1. The first-order valence-corrected chi connectivity index (χ1v) is 6.70. The molecule has 1 aromatic heterocycles. The molecule has 2 atom stereocenters. The Hall–Kier alpha value is -0.840. The Labute approximate surface area is 107 Å². The van der Waals surface area contributed by atoms with Crippen molar-refractivity contribution >= 4 is 0 Å². The number of aliphatic hydroxyl groups is 1. The lowest BCUT2D eigenvalue weighted by Gasteiger charge is -2.39. The van der Waals surface area contributed by atoms with Gasteiger partial charge in [-0.3, -0.25) is 0 Å². The van der Waals surface area contributed by atoms with E-state index in [9.17, 15) is 5.11 Å². The van der Waals surface area contributed by atoms with Crippen LogP contribution >= 0.6 is 0 Å². The van der Waals surface area contributed by atoms with E-state index in [1.165, 1.54) is 6.42 Å². The quantitative estimate of drug-likeness (QED) is 0.804. The number of nitrogens with one attached hydrogen (secondary N) is 1. The summed E-state index contributed by atoms with van der Waals surface area (Å²) >= 11 is 0. The van der Waals surface area contributed by atoms with E-state index in [1.807, 2.05) is 0 Å². The molecule has 100 valence electrons. The number of rotatable bonds is 6. The minimum absolute atomic E-state index is 0.0690. The molecule has 18 heavy (non-hydrogen) atoms. The second kappa shape index (κ2) is 4.68. The molecule has 1 aliphatic heterocycles. The molecule has 4 heteroatoms. The predicted octanol–water partition coefficient (Wildman–Crippen LogP) is 1.50. The second-order valence-electron chi connectivity index (χ2n) is 5.88. The topological polar surface area (TPSA) is 54.6 Å². The van der Waals surface area contributed by atoms with Crippen molar-refractivity contribution in [3.05, 3.63) is 23.7 Å². The smallest absolute Gasteiger partial charge is 0.117 e. The average molecular weight is 251 g/mol. The second-order valence-corrected chi connectivity index (χ2v) is 5.88. The Kier molecular flexibility index (Phi) is 3.18. The van der Waals surface area contributed by atoms with E-state index in [2.05, 4.69) is 24.4 Å². The summed E-state index contributed by atoms with van der Waals surface area (Å²) in [6.45, 7) is 5.25. The third-order valence-electron chi connectivity index (χ3n) is 4.11. The molecule has 2 N–H and O–H groups in total. The van der Waals surface area contributed by atoms with Crippen LogP contribution in [0.4, 0.5) is 0 Å². The van der Waals surface area contributed by atoms with Crippen LogP contribution in [0.5, 0.6) is 0 Å². The Morgan fingerprint density at radius 2 is 2.22 bits per heavy atom. The van der Waals surface area contributed by atoms with Gasteiger partial charge in [-0.2, -0.15) is 0 Å². The molecule has 0 radical (unpaired) electrons. The van der Waals surface area contributed by atoms with Crippen molar-refractivity contribution < 1.29 is 14.3 Å². The first kappa shape index (κ1) is 12.2. The van der Waals surface area contributed by atoms with E-state index in [4.69, 9.17) is 9.15 Å². The molecule has 0 unspecified atom stereocenters. The predicted molar refractivity (Wildman–Crippen MR) is 67.3 cm³/mol. The van der Waals surface area contributed by atoms with Crippen LogP contribution in [0, 0.1) is 11.3 Å². The van der Waals surface area contributed by atoms with E-state index >= 15 is 0 Å². The summed E-state index contributed by atoms with van der Waals surface area (Å²) in [6.07, 6.45) is 1.26. The van der Waals surface area contributed by atoms with Gasteiger partial charge < -0.3 is 19.6 Å². The van der Waals surface area contributed by atoms with Crippen LogP contribution in [0.1, 0.15) is 30.8 Å². The lowest BCUT2D eigenvalue weighted by Crippen LogP contribution is -2.52. The molecule has 2 heterocycles. The molecule has 0 amide bonds. The lowest BCUT2D eigenvalue weighted by molar-refractivity contribution is -0.134. The van der Waals surface area contributed by atoms with Gasteiger partial charge in [0.2, 0.25) is 0 Å². The first-order valence-electron chi connectivity index (χ1n) is 6.70. The average Bonchev–Trinajstić information content (AvgIpc) is 2.88. The van der Waals surface area contributed by atoms with E-state index < -0.39 is 0 Å². The van der Waals surface area contributed by atoms with Crippen LogP contribution < -0.4 is 5.32 Å². The summed E-state index contributed by atoms with van der Waals surface area (Å²) in [7, 11) is 0. The summed E-state index contributed by atoms with van der Waals surface area (Å²) in [5.74, 6) is 3.53. The van der Waals surface area contributed by atoms with Crippen molar-refractivity contribution in [1.82, 2.24) is 5.32 Å². The first-order chi connectivity index (χ1) is 8.72. The van der Waals surface area contributed by atoms with Gasteiger partial charge in [0, 0.05) is 12.5 Å². The number of hydrogen-bond donors (Lipinski definition) is 2. The monoisotopic (exact) mass is 251 g/mol. The minimum Gasteiger partial charge on any atom is -0.464 e. The molecule has 1 aliphatic carbocycles. The van der Waals surface area contributed by atoms with E-state index in [1.54, 1.807) is 0 Å². The Morgan fingerprint density at radius 1 is 1.44 bits per heavy atom. The zero-order chi connectivity index (χ0) is 12.6. The third kappa shape index (κ3) is 2.32. The van der Waals surface area contributed by atoms with Gasteiger partial charge >= 0.3 is 0 Å². The number of furan rings is 1. The Morgan fingerprint density at radius 3 is 2.78 bits per heavy atom. The van der Waals surface area contributed by atoms with Crippen LogP contribution in [0.2, 0.25) is 0 Å². The van der Waals surface area contributed by atoms with Crippen LogP contribution in [0.3, 0.4) is 0 Å². The largest absolute Gasteiger partial charge is 0.464 e. The highest BCUT2D eigenvalue weighted by Gasteiger charge is 2.38. The molecule has 2 aliphatic rings. The minimum atomic E-state index is -0.0690. The highest BCUT2D eigenvalue weighted by molar-refractivity contribution is 5.17. The molecule has 1 saturated heterocycles. The molecule has 1 saturated carbocycles. The number of aliphatic hydroxyl groups excluding tert-OH is 1. The Bertz CT molecular complexity index is 405. The van der Waals surface area contributed by atoms with E-state index in [0.717, 1.165) is 30.5 Å². The van der Waals surface area contributed by atoms with Crippen molar-refractivity contribution in [2.45, 2.75) is 25.8 Å². The van der Waals surface area contributed by atoms with Gasteiger partial charge in [-0.15, -0.1) is 0 Å². The van der Waals surface area contributed by atoms with Crippen LogP contribution in [0.25, 0.3) is 0 Å². The van der Waals surface area contributed by atoms with Crippen molar-refractivity contribution in [1.29, 1.82) is 0 Å². The molecular formula is C14H21NO3. The van der Waals surface area contributed by atoms with E-state index in [0.29, 0.717) is 19.1 Å². The molecule has 2 fully saturated rings. The van der Waals surface area contributed by atoms with E-state index in [-0.39, 0.29) is 12.0 Å². The fourth-order valence-electron chi connectivity index (χ4n) is 2.50.